The van der Waals surface area contributed by atoms with Crippen LogP contribution in [0.25, 0.3) is 22.8 Å². The number of pyridine rings is 1. The Morgan fingerprint density at radius 1 is 0.957 bits per heavy atom. The van der Waals surface area contributed by atoms with Crippen molar-refractivity contribution in [3.8, 4) is 22.8 Å². The van der Waals surface area contributed by atoms with Crippen molar-refractivity contribution in [1.29, 1.82) is 0 Å². The van der Waals surface area contributed by atoms with Gasteiger partial charge in [-0.05, 0) is 38.5 Å². The Balaban J connectivity index is 1.92. The molecule has 0 spiro atoms. The summed E-state index contributed by atoms with van der Waals surface area (Å²) in [5, 5.41) is 1.11. The van der Waals surface area contributed by atoms with Gasteiger partial charge in [0, 0.05) is 22.6 Å². The first kappa shape index (κ1) is 14.4. The summed E-state index contributed by atoms with van der Waals surface area (Å²) < 4.78 is 0. The van der Waals surface area contributed by atoms with Gasteiger partial charge in [0.25, 0.3) is 0 Å². The van der Waals surface area contributed by atoms with Gasteiger partial charge in [-0.15, -0.1) is 11.8 Å². The summed E-state index contributed by atoms with van der Waals surface area (Å²) in [6, 6.07) is 14.5. The van der Waals surface area contributed by atoms with Crippen LogP contribution in [0.1, 0.15) is 16.8 Å². The molecule has 4 heteroatoms. The minimum absolute atomic E-state index is 0.721. The van der Waals surface area contributed by atoms with Crippen LogP contribution in [0.15, 0.2) is 47.5 Å². The molecule has 0 amide bonds. The molecule has 114 valence electrons. The third-order valence-corrected chi connectivity index (χ3v) is 4.99. The number of rotatable bonds is 2. The molecule has 4 rings (SSSR count). The lowest BCUT2D eigenvalue weighted by Crippen LogP contribution is -2.00. The zero-order valence-electron chi connectivity index (χ0n) is 13.2. The van der Waals surface area contributed by atoms with Crippen LogP contribution in [0.4, 0.5) is 0 Å². The average molecular weight is 319 g/mol. The number of fused-ring (bicyclic) bond motifs is 1. The highest BCUT2D eigenvalue weighted by Gasteiger charge is 2.21. The number of aromatic nitrogens is 3. The molecular formula is C19H17N3S. The summed E-state index contributed by atoms with van der Waals surface area (Å²) >= 11 is 1.82. The predicted molar refractivity (Wildman–Crippen MR) is 94.6 cm³/mol. The summed E-state index contributed by atoms with van der Waals surface area (Å²) in [5.41, 5.74) is 6.57. The maximum atomic E-state index is 4.88. The molecule has 0 fully saturated rings. The lowest BCUT2D eigenvalue weighted by atomic mass is 10.0. The summed E-state index contributed by atoms with van der Waals surface area (Å²) in [7, 11) is 0. The molecule has 23 heavy (non-hydrogen) atoms. The van der Waals surface area contributed by atoms with E-state index in [4.69, 9.17) is 9.97 Å². The van der Waals surface area contributed by atoms with Crippen molar-refractivity contribution >= 4 is 11.8 Å². The predicted octanol–water partition coefficient (Wildman–Crippen LogP) is 4.47. The number of hydrogen-bond acceptors (Lipinski definition) is 4. The van der Waals surface area contributed by atoms with Gasteiger partial charge in [0.15, 0.2) is 5.82 Å². The molecule has 0 atom stereocenters. The SMILES string of the molecule is Cc1cccc(-c2nc(-c3cccc(C)n3)nc3c2CCS3)c1. The Morgan fingerprint density at radius 2 is 1.83 bits per heavy atom. The fraction of sp³-hybridized carbons (Fsp3) is 0.211. The van der Waals surface area contributed by atoms with Crippen LogP contribution in [-0.4, -0.2) is 20.7 Å². The Labute approximate surface area is 140 Å². The normalized spacial score (nSPS) is 13.1. The standard InChI is InChI=1S/C19H17N3S/c1-12-5-3-7-14(11-12)17-15-9-10-23-19(15)22-18(21-17)16-8-4-6-13(2)20-16/h3-8,11H,9-10H2,1-2H3. The van der Waals surface area contributed by atoms with Crippen LogP contribution in [0.2, 0.25) is 0 Å². The van der Waals surface area contributed by atoms with Crippen molar-refractivity contribution in [1.82, 2.24) is 15.0 Å². The monoisotopic (exact) mass is 319 g/mol. The van der Waals surface area contributed by atoms with Gasteiger partial charge < -0.3 is 0 Å². The van der Waals surface area contributed by atoms with E-state index in [1.807, 2.05) is 36.9 Å². The second kappa shape index (κ2) is 5.78. The van der Waals surface area contributed by atoms with Crippen molar-refractivity contribution in [2.75, 3.05) is 5.75 Å². The maximum absolute atomic E-state index is 4.88. The highest BCUT2D eigenvalue weighted by Crippen LogP contribution is 2.37. The van der Waals surface area contributed by atoms with E-state index in [9.17, 15) is 0 Å². The van der Waals surface area contributed by atoms with Crippen LogP contribution < -0.4 is 0 Å². The van der Waals surface area contributed by atoms with E-state index in [0.717, 1.165) is 40.1 Å². The summed E-state index contributed by atoms with van der Waals surface area (Å²) in [6.07, 6.45) is 1.03. The zero-order chi connectivity index (χ0) is 15.8. The highest BCUT2D eigenvalue weighted by atomic mass is 32.2. The molecule has 0 saturated carbocycles. The molecule has 0 N–H and O–H groups in total. The largest absolute Gasteiger partial charge is 0.250 e. The topological polar surface area (TPSA) is 38.7 Å². The van der Waals surface area contributed by atoms with E-state index in [-0.39, 0.29) is 0 Å². The number of aryl methyl sites for hydroxylation is 2. The van der Waals surface area contributed by atoms with Gasteiger partial charge in [-0.25, -0.2) is 15.0 Å². The molecule has 0 bridgehead atoms. The van der Waals surface area contributed by atoms with Crippen molar-refractivity contribution < 1.29 is 0 Å². The first-order valence-electron chi connectivity index (χ1n) is 7.75. The Bertz CT molecular complexity index is 890. The van der Waals surface area contributed by atoms with Crippen molar-refractivity contribution in [3.63, 3.8) is 0 Å². The Kier molecular flexibility index (Phi) is 3.62. The smallest absolute Gasteiger partial charge is 0.179 e. The minimum Gasteiger partial charge on any atom is -0.250 e. The molecule has 0 saturated heterocycles. The van der Waals surface area contributed by atoms with Gasteiger partial charge in [-0.1, -0.05) is 29.8 Å². The highest BCUT2D eigenvalue weighted by molar-refractivity contribution is 7.99. The fourth-order valence-corrected chi connectivity index (χ4v) is 3.89. The van der Waals surface area contributed by atoms with Gasteiger partial charge >= 0.3 is 0 Å². The first-order chi connectivity index (χ1) is 11.2. The third-order valence-electron chi connectivity index (χ3n) is 3.97. The number of nitrogens with zero attached hydrogens (tertiary/aromatic N) is 3. The van der Waals surface area contributed by atoms with Crippen LogP contribution in [0, 0.1) is 13.8 Å². The first-order valence-corrected chi connectivity index (χ1v) is 8.74. The summed E-state index contributed by atoms with van der Waals surface area (Å²) in [6.45, 7) is 4.11. The van der Waals surface area contributed by atoms with Crippen molar-refractivity contribution in [2.45, 2.75) is 25.3 Å². The lowest BCUT2D eigenvalue weighted by molar-refractivity contribution is 0.985. The van der Waals surface area contributed by atoms with Crippen LogP contribution in [0.5, 0.6) is 0 Å². The van der Waals surface area contributed by atoms with Crippen LogP contribution in [0.3, 0.4) is 0 Å². The summed E-state index contributed by atoms with van der Waals surface area (Å²) in [5.74, 6) is 1.80. The number of thioether (sulfide) groups is 1. The van der Waals surface area contributed by atoms with Crippen molar-refractivity contribution in [3.05, 3.63) is 59.3 Å². The molecular weight excluding hydrogens is 302 g/mol. The van der Waals surface area contributed by atoms with E-state index < -0.39 is 0 Å². The quantitative estimate of drug-likeness (QED) is 0.653. The minimum atomic E-state index is 0.721. The molecule has 0 unspecified atom stereocenters. The fourth-order valence-electron chi connectivity index (χ4n) is 2.87. The van der Waals surface area contributed by atoms with Gasteiger partial charge in [0.1, 0.15) is 10.7 Å². The average Bonchev–Trinajstić information content (AvgIpc) is 3.02. The van der Waals surface area contributed by atoms with Crippen LogP contribution >= 0.6 is 11.8 Å². The maximum Gasteiger partial charge on any atom is 0.179 e. The van der Waals surface area contributed by atoms with E-state index >= 15 is 0 Å². The second-order valence-corrected chi connectivity index (χ2v) is 6.90. The van der Waals surface area contributed by atoms with Gasteiger partial charge in [-0.3, -0.25) is 0 Å². The molecule has 2 aromatic heterocycles. The molecule has 1 aliphatic rings. The van der Waals surface area contributed by atoms with Crippen molar-refractivity contribution in [2.24, 2.45) is 0 Å². The number of hydrogen-bond donors (Lipinski definition) is 0. The molecule has 3 nitrogen and oxygen atoms in total. The molecule has 0 aliphatic carbocycles. The zero-order valence-corrected chi connectivity index (χ0v) is 14.0. The van der Waals surface area contributed by atoms with E-state index in [2.05, 4.69) is 36.2 Å². The summed E-state index contributed by atoms with van der Waals surface area (Å²) in [4.78, 5) is 14.2. The number of benzene rings is 1. The molecule has 3 aromatic rings. The third kappa shape index (κ3) is 2.75. The lowest BCUT2D eigenvalue weighted by Gasteiger charge is -2.10. The molecule has 1 aliphatic heterocycles. The van der Waals surface area contributed by atoms with E-state index in [1.54, 1.807) is 0 Å². The van der Waals surface area contributed by atoms with Gasteiger partial charge in [-0.2, -0.15) is 0 Å². The van der Waals surface area contributed by atoms with E-state index in [0.29, 0.717) is 0 Å². The van der Waals surface area contributed by atoms with E-state index in [1.165, 1.54) is 16.7 Å². The van der Waals surface area contributed by atoms with Gasteiger partial charge in [0.2, 0.25) is 0 Å². The molecule has 1 aromatic carbocycles. The Hall–Kier alpha value is -2.20. The Morgan fingerprint density at radius 3 is 2.65 bits per heavy atom. The van der Waals surface area contributed by atoms with Crippen LogP contribution in [-0.2, 0) is 6.42 Å². The molecule has 0 radical (unpaired) electrons. The molecule has 3 heterocycles. The van der Waals surface area contributed by atoms with Gasteiger partial charge in [0.05, 0.1) is 5.69 Å². The second-order valence-electron chi connectivity index (χ2n) is 5.81.